The van der Waals surface area contributed by atoms with E-state index in [1.807, 2.05) is 22.4 Å². The van der Waals surface area contributed by atoms with Gasteiger partial charge in [-0.15, -0.1) is 6.42 Å². The number of carbonyl (C=O) groups excluding carboxylic acids is 1. The lowest BCUT2D eigenvalue weighted by Crippen LogP contribution is -2.43. The molecule has 0 aliphatic carbocycles. The smallest absolute Gasteiger partial charge is 0.418 e. The molecule has 0 spiro atoms. The molecular formula is C35H40F4N8O3. The Morgan fingerprint density at radius 1 is 1.18 bits per heavy atom. The predicted molar refractivity (Wildman–Crippen MR) is 176 cm³/mol. The maximum Gasteiger partial charge on any atom is 0.418 e. The maximum absolute atomic E-state index is 15.6. The van der Waals surface area contributed by atoms with E-state index >= 15 is 4.39 Å². The van der Waals surface area contributed by atoms with Crippen LogP contribution < -0.4 is 15.4 Å². The van der Waals surface area contributed by atoms with Gasteiger partial charge < -0.3 is 25.0 Å². The van der Waals surface area contributed by atoms with Crippen molar-refractivity contribution >= 4 is 17.4 Å². The first-order valence-electron chi connectivity index (χ1n) is 16.9. The second-order valence-corrected chi connectivity index (χ2v) is 13.8. The van der Waals surface area contributed by atoms with Crippen molar-refractivity contribution in [3.63, 3.8) is 0 Å². The number of halogens is 4. The van der Waals surface area contributed by atoms with Gasteiger partial charge in [-0.25, -0.2) is 4.39 Å². The Morgan fingerprint density at radius 2 is 1.92 bits per heavy atom. The third-order valence-corrected chi connectivity index (χ3v) is 10.6. The van der Waals surface area contributed by atoms with Gasteiger partial charge in [0, 0.05) is 55.9 Å². The molecular weight excluding hydrogens is 656 g/mol. The Labute approximate surface area is 287 Å². The highest BCUT2D eigenvalue weighted by atomic mass is 19.4. The van der Waals surface area contributed by atoms with Crippen LogP contribution in [0.4, 0.5) is 29.1 Å². The molecule has 2 N–H and O–H groups in total. The van der Waals surface area contributed by atoms with Crippen LogP contribution in [0.15, 0.2) is 6.07 Å². The average molecular weight is 697 g/mol. The van der Waals surface area contributed by atoms with Crippen LogP contribution in [0.2, 0.25) is 0 Å². The van der Waals surface area contributed by atoms with E-state index in [2.05, 4.69) is 10.00 Å². The lowest BCUT2D eigenvalue weighted by atomic mass is 9.91. The molecule has 2 saturated heterocycles. The number of ether oxygens (including phenoxy) is 2. The number of nitrogen functional groups attached to an aromatic ring is 1. The fourth-order valence-electron chi connectivity index (χ4n) is 8.06. The molecule has 4 aliphatic heterocycles. The fraction of sp³-hybridized carbons (Fsp3) is 0.543. The van der Waals surface area contributed by atoms with Crippen LogP contribution in [0.25, 0.3) is 0 Å². The third kappa shape index (κ3) is 5.81. The summed E-state index contributed by atoms with van der Waals surface area (Å²) in [5, 5.41) is 4.63. The molecule has 2 fully saturated rings. The first-order valence-corrected chi connectivity index (χ1v) is 16.9. The van der Waals surface area contributed by atoms with E-state index in [0.717, 1.165) is 56.1 Å². The molecule has 0 radical (unpaired) electrons. The van der Waals surface area contributed by atoms with Crippen LogP contribution in [-0.4, -0.2) is 81.3 Å². The summed E-state index contributed by atoms with van der Waals surface area (Å²) in [6.45, 7) is 5.56. The Kier molecular flexibility index (Phi) is 8.66. The van der Waals surface area contributed by atoms with Crippen molar-refractivity contribution in [1.29, 1.82) is 0 Å². The van der Waals surface area contributed by atoms with Crippen LogP contribution in [-0.2, 0) is 37.0 Å². The van der Waals surface area contributed by atoms with Crippen molar-refractivity contribution in [1.82, 2.24) is 29.5 Å². The number of aromatic nitrogens is 4. The van der Waals surface area contributed by atoms with E-state index in [9.17, 15) is 18.0 Å². The molecule has 4 aliphatic rings. The second-order valence-electron chi connectivity index (χ2n) is 13.8. The number of aryl methyl sites for hydroxylation is 1. The molecule has 15 heteroatoms. The van der Waals surface area contributed by atoms with Gasteiger partial charge in [0.25, 0.3) is 5.91 Å². The van der Waals surface area contributed by atoms with Crippen molar-refractivity contribution < 1.29 is 31.8 Å². The number of nitrogens with two attached hydrogens (primary N) is 1. The first kappa shape index (κ1) is 34.0. The highest BCUT2D eigenvalue weighted by Crippen LogP contribution is 2.45. The zero-order chi connectivity index (χ0) is 35.5. The van der Waals surface area contributed by atoms with Crippen molar-refractivity contribution in [2.75, 3.05) is 51.0 Å². The van der Waals surface area contributed by atoms with Gasteiger partial charge in [0.05, 0.1) is 47.4 Å². The molecule has 3 aromatic rings. The Hall–Kier alpha value is -4.42. The SMILES string of the molecule is C#Cc1cc(N)c(F)c(C2Cc3nc(OCC45CCCN4CCC5)nc(N4CCCn5nc(C(=O)N(C)C)c(C)c5C4)c3CO2)c1C(F)(F)F. The highest BCUT2D eigenvalue weighted by Gasteiger charge is 2.46. The monoisotopic (exact) mass is 696 g/mol. The third-order valence-electron chi connectivity index (χ3n) is 10.6. The molecule has 1 aromatic carbocycles. The number of alkyl halides is 3. The summed E-state index contributed by atoms with van der Waals surface area (Å²) in [6.07, 6.45) is 3.71. The Morgan fingerprint density at radius 3 is 2.60 bits per heavy atom. The molecule has 7 rings (SSSR count). The average Bonchev–Trinajstić information content (AvgIpc) is 3.70. The molecule has 1 amide bonds. The summed E-state index contributed by atoms with van der Waals surface area (Å²) in [5.41, 5.74) is 5.58. The number of nitrogens with zero attached hydrogens (tertiary/aromatic N) is 7. The van der Waals surface area contributed by atoms with E-state index in [0.29, 0.717) is 55.4 Å². The summed E-state index contributed by atoms with van der Waals surface area (Å²) in [6, 6.07) is 0.919. The number of carbonyl (C=O) groups is 1. The van der Waals surface area contributed by atoms with Gasteiger partial charge in [0.15, 0.2) is 11.5 Å². The van der Waals surface area contributed by atoms with Gasteiger partial charge in [0.2, 0.25) is 0 Å². The van der Waals surface area contributed by atoms with E-state index in [1.54, 1.807) is 14.1 Å². The minimum Gasteiger partial charge on any atom is -0.461 e. The highest BCUT2D eigenvalue weighted by molar-refractivity contribution is 5.93. The summed E-state index contributed by atoms with van der Waals surface area (Å²) >= 11 is 0. The molecule has 1 unspecified atom stereocenters. The van der Waals surface area contributed by atoms with E-state index in [-0.39, 0.29) is 30.5 Å². The number of terminal acetylenes is 1. The molecule has 266 valence electrons. The summed E-state index contributed by atoms with van der Waals surface area (Å²) < 4.78 is 73.1. The maximum atomic E-state index is 15.6. The number of benzene rings is 1. The van der Waals surface area contributed by atoms with E-state index in [4.69, 9.17) is 31.6 Å². The van der Waals surface area contributed by atoms with Crippen molar-refractivity contribution in [3.05, 3.63) is 56.8 Å². The molecule has 1 atom stereocenters. The summed E-state index contributed by atoms with van der Waals surface area (Å²) in [5.74, 6) is 1.10. The number of fused-ring (bicyclic) bond motifs is 3. The summed E-state index contributed by atoms with van der Waals surface area (Å²) in [7, 11) is 3.36. The van der Waals surface area contributed by atoms with Crippen LogP contribution in [0.3, 0.4) is 0 Å². The standard InChI is InChI=1S/C35H40F4N8O3/c1-5-21-15-23(40)29(36)27(28(21)35(37,38)39)26-16-24-22(18-49-26)31(42-33(41-24)50-19-34-9-6-12-46(34)13-7-10-34)45-11-8-14-47-25(17-45)20(2)30(43-47)32(48)44(3)4/h1,15,26H,6-14,16-19,40H2,2-4H3. The van der Waals surface area contributed by atoms with Gasteiger partial charge in [-0.2, -0.15) is 28.2 Å². The molecule has 11 nitrogen and oxygen atoms in total. The second kappa shape index (κ2) is 12.7. The van der Waals surface area contributed by atoms with Gasteiger partial charge in [-0.1, -0.05) is 5.92 Å². The van der Waals surface area contributed by atoms with Gasteiger partial charge in [-0.05, 0) is 58.2 Å². The van der Waals surface area contributed by atoms with Crippen LogP contribution in [0.5, 0.6) is 6.01 Å². The number of rotatable bonds is 6. The molecule has 50 heavy (non-hydrogen) atoms. The predicted octanol–water partition coefficient (Wildman–Crippen LogP) is 4.64. The van der Waals surface area contributed by atoms with Crippen LogP contribution >= 0.6 is 0 Å². The largest absolute Gasteiger partial charge is 0.461 e. The summed E-state index contributed by atoms with van der Waals surface area (Å²) in [4.78, 5) is 28.5. The van der Waals surface area contributed by atoms with E-state index < -0.39 is 40.5 Å². The molecule has 2 aromatic heterocycles. The number of hydrogen-bond acceptors (Lipinski definition) is 9. The van der Waals surface area contributed by atoms with Gasteiger partial charge >= 0.3 is 12.2 Å². The normalized spacial score (nSPS) is 20.1. The topological polar surface area (TPSA) is 115 Å². The van der Waals surface area contributed by atoms with Crippen LogP contribution in [0, 0.1) is 25.1 Å². The molecule has 0 saturated carbocycles. The lowest BCUT2D eigenvalue weighted by molar-refractivity contribution is -0.140. The van der Waals surface area contributed by atoms with Crippen molar-refractivity contribution in [3.8, 4) is 18.4 Å². The van der Waals surface area contributed by atoms with Gasteiger partial charge in [0.1, 0.15) is 12.4 Å². The van der Waals surface area contributed by atoms with Crippen molar-refractivity contribution in [2.45, 2.75) is 83.0 Å². The number of anilines is 2. The van der Waals surface area contributed by atoms with Crippen LogP contribution in [0.1, 0.15) is 87.9 Å². The lowest BCUT2D eigenvalue weighted by Gasteiger charge is -2.33. The zero-order valence-electron chi connectivity index (χ0n) is 28.4. The number of hydrogen-bond donors (Lipinski definition) is 1. The first-order chi connectivity index (χ1) is 23.8. The zero-order valence-corrected chi connectivity index (χ0v) is 28.4. The Balaban J connectivity index is 1.29. The molecule has 0 bridgehead atoms. The number of amides is 1. The Bertz CT molecular complexity index is 1870. The quantitative estimate of drug-likeness (QED) is 0.224. The minimum atomic E-state index is -4.96. The molecule has 6 heterocycles. The fourth-order valence-corrected chi connectivity index (χ4v) is 8.06. The van der Waals surface area contributed by atoms with E-state index in [1.165, 1.54) is 4.90 Å². The minimum absolute atomic E-state index is 0.0962. The van der Waals surface area contributed by atoms with Crippen molar-refractivity contribution in [2.24, 2.45) is 0 Å². The van der Waals surface area contributed by atoms with Gasteiger partial charge in [-0.3, -0.25) is 14.4 Å².